The van der Waals surface area contributed by atoms with Gasteiger partial charge in [0.2, 0.25) is 0 Å². The molecule has 0 fully saturated rings. The standard InChI is InChI=1S/C15H21ClN4/c1-4-17-15(14-6-5-12(16)10-18-14)9-13-7-8-20(19-13)11(2)3/h5-8,10-11,15,17H,4,9H2,1-3H3. The molecule has 20 heavy (non-hydrogen) atoms. The molecule has 1 atom stereocenters. The number of pyridine rings is 1. The van der Waals surface area contributed by atoms with Gasteiger partial charge in [0.1, 0.15) is 0 Å². The molecule has 0 aliphatic rings. The Bertz CT molecular complexity index is 533. The highest BCUT2D eigenvalue weighted by Crippen LogP contribution is 2.18. The second-order valence-electron chi connectivity index (χ2n) is 5.10. The van der Waals surface area contributed by atoms with Gasteiger partial charge in [-0.1, -0.05) is 18.5 Å². The molecule has 0 spiro atoms. The predicted molar refractivity (Wildman–Crippen MR) is 82.0 cm³/mol. The summed E-state index contributed by atoms with van der Waals surface area (Å²) in [4.78, 5) is 4.41. The molecule has 0 bridgehead atoms. The van der Waals surface area contributed by atoms with E-state index in [-0.39, 0.29) is 6.04 Å². The molecule has 1 unspecified atom stereocenters. The SMILES string of the molecule is CCNC(Cc1ccn(C(C)C)n1)c1ccc(Cl)cn1. The third-order valence-corrected chi connectivity index (χ3v) is 3.39. The number of rotatable bonds is 6. The van der Waals surface area contributed by atoms with Gasteiger partial charge in [-0.3, -0.25) is 9.67 Å². The van der Waals surface area contributed by atoms with Crippen molar-refractivity contribution in [1.82, 2.24) is 20.1 Å². The third kappa shape index (κ3) is 3.81. The van der Waals surface area contributed by atoms with Crippen LogP contribution in [0.3, 0.4) is 0 Å². The molecule has 0 amide bonds. The van der Waals surface area contributed by atoms with E-state index in [4.69, 9.17) is 11.6 Å². The first-order valence-corrected chi connectivity index (χ1v) is 7.36. The van der Waals surface area contributed by atoms with Gasteiger partial charge in [0, 0.05) is 24.9 Å². The molecule has 108 valence electrons. The van der Waals surface area contributed by atoms with E-state index in [2.05, 4.69) is 42.2 Å². The number of likely N-dealkylation sites (N-methyl/N-ethyl adjacent to an activating group) is 1. The molecule has 0 radical (unpaired) electrons. The third-order valence-electron chi connectivity index (χ3n) is 3.16. The van der Waals surface area contributed by atoms with Crippen molar-refractivity contribution in [1.29, 1.82) is 0 Å². The smallest absolute Gasteiger partial charge is 0.0644 e. The van der Waals surface area contributed by atoms with Crippen LogP contribution in [0.1, 0.15) is 44.2 Å². The van der Waals surface area contributed by atoms with Crippen molar-refractivity contribution in [3.8, 4) is 0 Å². The largest absolute Gasteiger partial charge is 0.309 e. The van der Waals surface area contributed by atoms with Gasteiger partial charge in [-0.25, -0.2) is 0 Å². The number of aromatic nitrogens is 3. The van der Waals surface area contributed by atoms with Crippen LogP contribution in [0.2, 0.25) is 5.02 Å². The van der Waals surface area contributed by atoms with E-state index in [1.807, 2.05) is 23.0 Å². The second kappa shape index (κ2) is 6.86. The fourth-order valence-electron chi connectivity index (χ4n) is 2.10. The summed E-state index contributed by atoms with van der Waals surface area (Å²) in [7, 11) is 0. The van der Waals surface area contributed by atoms with Crippen molar-refractivity contribution in [3.63, 3.8) is 0 Å². The zero-order chi connectivity index (χ0) is 14.5. The first-order chi connectivity index (χ1) is 9.60. The quantitative estimate of drug-likeness (QED) is 0.887. The Morgan fingerprint density at radius 2 is 2.10 bits per heavy atom. The lowest BCUT2D eigenvalue weighted by Gasteiger charge is -2.16. The molecular weight excluding hydrogens is 272 g/mol. The first-order valence-electron chi connectivity index (χ1n) is 6.99. The zero-order valence-corrected chi connectivity index (χ0v) is 12.9. The van der Waals surface area contributed by atoms with Crippen LogP contribution < -0.4 is 5.32 Å². The van der Waals surface area contributed by atoms with Gasteiger partial charge in [-0.2, -0.15) is 5.10 Å². The fourth-order valence-corrected chi connectivity index (χ4v) is 2.22. The maximum Gasteiger partial charge on any atom is 0.0644 e. The van der Waals surface area contributed by atoms with Gasteiger partial charge in [0.05, 0.1) is 22.5 Å². The lowest BCUT2D eigenvalue weighted by Crippen LogP contribution is -2.24. The number of hydrogen-bond acceptors (Lipinski definition) is 3. The summed E-state index contributed by atoms with van der Waals surface area (Å²) in [6, 6.07) is 6.46. The minimum absolute atomic E-state index is 0.160. The molecule has 2 heterocycles. The number of hydrogen-bond donors (Lipinski definition) is 1. The van der Waals surface area contributed by atoms with E-state index < -0.39 is 0 Å². The zero-order valence-electron chi connectivity index (χ0n) is 12.2. The Morgan fingerprint density at radius 1 is 1.30 bits per heavy atom. The Kier molecular flexibility index (Phi) is 5.15. The van der Waals surface area contributed by atoms with Crippen LogP contribution >= 0.6 is 11.6 Å². The number of nitrogens with one attached hydrogen (secondary N) is 1. The van der Waals surface area contributed by atoms with Crippen molar-refractivity contribution < 1.29 is 0 Å². The topological polar surface area (TPSA) is 42.7 Å². The number of halogens is 1. The molecule has 0 aromatic carbocycles. The van der Waals surface area contributed by atoms with E-state index in [1.54, 1.807) is 6.20 Å². The number of nitrogens with zero attached hydrogens (tertiary/aromatic N) is 3. The molecule has 2 aromatic rings. The average Bonchev–Trinajstić information content (AvgIpc) is 2.88. The summed E-state index contributed by atoms with van der Waals surface area (Å²) in [5, 5.41) is 8.71. The van der Waals surface area contributed by atoms with Crippen LogP contribution in [0.4, 0.5) is 0 Å². The summed E-state index contributed by atoms with van der Waals surface area (Å²) in [6.45, 7) is 7.23. The Morgan fingerprint density at radius 3 is 2.65 bits per heavy atom. The average molecular weight is 293 g/mol. The summed E-state index contributed by atoms with van der Waals surface area (Å²) < 4.78 is 1.98. The predicted octanol–water partition coefficient (Wildman–Crippen LogP) is 3.41. The van der Waals surface area contributed by atoms with Gasteiger partial charge in [0.25, 0.3) is 0 Å². The monoisotopic (exact) mass is 292 g/mol. The van der Waals surface area contributed by atoms with Crippen molar-refractivity contribution in [2.45, 2.75) is 39.3 Å². The molecule has 0 aliphatic heterocycles. The lowest BCUT2D eigenvalue weighted by atomic mass is 10.1. The van der Waals surface area contributed by atoms with Crippen LogP contribution in [0.15, 0.2) is 30.6 Å². The Hall–Kier alpha value is -1.39. The minimum atomic E-state index is 0.160. The maximum absolute atomic E-state index is 5.89. The van der Waals surface area contributed by atoms with E-state index >= 15 is 0 Å². The summed E-state index contributed by atoms with van der Waals surface area (Å²) >= 11 is 5.89. The van der Waals surface area contributed by atoms with Crippen molar-refractivity contribution in [3.05, 3.63) is 47.0 Å². The van der Waals surface area contributed by atoms with E-state index in [9.17, 15) is 0 Å². The van der Waals surface area contributed by atoms with Crippen molar-refractivity contribution >= 4 is 11.6 Å². The van der Waals surface area contributed by atoms with Gasteiger partial charge < -0.3 is 5.32 Å². The van der Waals surface area contributed by atoms with E-state index in [0.717, 1.165) is 24.4 Å². The van der Waals surface area contributed by atoms with Gasteiger partial charge in [-0.15, -0.1) is 0 Å². The normalized spacial score (nSPS) is 12.8. The summed E-state index contributed by atoms with van der Waals surface area (Å²) in [5.41, 5.74) is 2.07. The molecule has 2 rings (SSSR count). The molecule has 0 aliphatic carbocycles. The minimum Gasteiger partial charge on any atom is -0.309 e. The van der Waals surface area contributed by atoms with Crippen LogP contribution in [0.25, 0.3) is 0 Å². The van der Waals surface area contributed by atoms with Crippen LogP contribution in [0.5, 0.6) is 0 Å². The first kappa shape index (κ1) is 15.0. The second-order valence-corrected chi connectivity index (χ2v) is 5.53. The van der Waals surface area contributed by atoms with Gasteiger partial charge in [-0.05, 0) is 38.6 Å². The maximum atomic E-state index is 5.89. The van der Waals surface area contributed by atoms with E-state index in [1.165, 1.54) is 0 Å². The summed E-state index contributed by atoms with van der Waals surface area (Å²) in [5.74, 6) is 0. The highest BCUT2D eigenvalue weighted by Gasteiger charge is 2.14. The molecule has 1 N–H and O–H groups in total. The lowest BCUT2D eigenvalue weighted by molar-refractivity contribution is 0.501. The highest BCUT2D eigenvalue weighted by atomic mass is 35.5. The van der Waals surface area contributed by atoms with Crippen LogP contribution in [0, 0.1) is 0 Å². The van der Waals surface area contributed by atoms with Crippen molar-refractivity contribution in [2.75, 3.05) is 6.54 Å². The molecule has 2 aromatic heterocycles. The van der Waals surface area contributed by atoms with Crippen LogP contribution in [-0.4, -0.2) is 21.3 Å². The Labute approximate surface area is 125 Å². The van der Waals surface area contributed by atoms with Gasteiger partial charge in [0.15, 0.2) is 0 Å². The van der Waals surface area contributed by atoms with Crippen LogP contribution in [-0.2, 0) is 6.42 Å². The fraction of sp³-hybridized carbons (Fsp3) is 0.467. The summed E-state index contributed by atoms with van der Waals surface area (Å²) in [6.07, 6.45) is 4.54. The molecule has 0 saturated carbocycles. The Balaban J connectivity index is 2.14. The molecule has 5 heteroatoms. The molecular formula is C15H21ClN4. The van der Waals surface area contributed by atoms with Crippen molar-refractivity contribution in [2.24, 2.45) is 0 Å². The molecule has 0 saturated heterocycles. The van der Waals surface area contributed by atoms with Gasteiger partial charge >= 0.3 is 0 Å². The van der Waals surface area contributed by atoms with E-state index in [0.29, 0.717) is 11.1 Å². The molecule has 4 nitrogen and oxygen atoms in total. The highest BCUT2D eigenvalue weighted by molar-refractivity contribution is 6.30.